The molecule has 120 valence electrons. The minimum atomic E-state index is 0.0136. The van der Waals surface area contributed by atoms with E-state index in [1.165, 1.54) is 19.3 Å². The second-order valence-electron chi connectivity index (χ2n) is 6.25. The zero-order valence-electron chi connectivity index (χ0n) is 13.1. The second kappa shape index (κ2) is 7.63. The Bertz CT molecular complexity index is 497. The van der Waals surface area contributed by atoms with Crippen molar-refractivity contribution in [2.75, 3.05) is 19.7 Å². The first-order valence-corrected chi connectivity index (χ1v) is 8.45. The minimum absolute atomic E-state index is 0.0136. The molecule has 1 saturated carbocycles. The molecule has 2 aliphatic rings. The smallest absolute Gasteiger partial charge is 0.161 e. The first kappa shape index (κ1) is 15.3. The van der Waals surface area contributed by atoms with Gasteiger partial charge in [0.15, 0.2) is 11.5 Å². The minimum Gasteiger partial charge on any atom is -0.486 e. The lowest BCUT2D eigenvalue weighted by Gasteiger charge is -2.26. The molecule has 1 atom stereocenters. The molecule has 3 rings (SSSR count). The van der Waals surface area contributed by atoms with Crippen LogP contribution in [0.3, 0.4) is 0 Å². The van der Waals surface area contributed by atoms with Crippen molar-refractivity contribution in [2.45, 2.75) is 44.6 Å². The van der Waals surface area contributed by atoms with Gasteiger partial charge in [-0.25, -0.2) is 0 Å². The van der Waals surface area contributed by atoms with Gasteiger partial charge < -0.3 is 14.8 Å². The zero-order chi connectivity index (χ0) is 15.2. The molecule has 1 heterocycles. The molecule has 22 heavy (non-hydrogen) atoms. The summed E-state index contributed by atoms with van der Waals surface area (Å²) in [5, 5.41) is 3.33. The molecular weight excluding hydrogens is 278 g/mol. The van der Waals surface area contributed by atoms with Crippen molar-refractivity contribution in [3.05, 3.63) is 24.3 Å². The van der Waals surface area contributed by atoms with Gasteiger partial charge in [-0.15, -0.1) is 0 Å². The number of carbonyl (C=O) groups is 1. The number of ether oxygens (including phenoxy) is 2. The Hall–Kier alpha value is -1.55. The number of Topliss-reactive ketones (excluding diaryl/α,β-unsaturated/α-hetero) is 1. The molecule has 1 aromatic carbocycles. The maximum Gasteiger partial charge on any atom is 0.161 e. The molecule has 0 saturated heterocycles. The van der Waals surface area contributed by atoms with Gasteiger partial charge in [0.05, 0.1) is 0 Å². The SMILES string of the molecule is O=C(CCNCC1COc2ccccc2O1)C1CCCCC1. The van der Waals surface area contributed by atoms with Crippen molar-refractivity contribution in [3.8, 4) is 11.5 Å². The quantitative estimate of drug-likeness (QED) is 0.821. The van der Waals surface area contributed by atoms with E-state index in [0.29, 0.717) is 31.3 Å². The van der Waals surface area contributed by atoms with E-state index in [2.05, 4.69) is 5.32 Å². The number of hydrogen-bond acceptors (Lipinski definition) is 4. The Balaban J connectivity index is 1.35. The van der Waals surface area contributed by atoms with Gasteiger partial charge in [-0.05, 0) is 25.0 Å². The Labute approximate surface area is 132 Å². The molecule has 0 aromatic heterocycles. The van der Waals surface area contributed by atoms with E-state index in [1.54, 1.807) is 0 Å². The summed E-state index contributed by atoms with van der Waals surface area (Å²) in [5.74, 6) is 2.36. The van der Waals surface area contributed by atoms with Crippen molar-refractivity contribution in [2.24, 2.45) is 5.92 Å². The van der Waals surface area contributed by atoms with E-state index >= 15 is 0 Å². The van der Waals surface area contributed by atoms with Gasteiger partial charge in [0.2, 0.25) is 0 Å². The summed E-state index contributed by atoms with van der Waals surface area (Å²) < 4.78 is 11.6. The third-order valence-electron chi connectivity index (χ3n) is 4.55. The van der Waals surface area contributed by atoms with Crippen LogP contribution in [-0.2, 0) is 4.79 Å². The lowest BCUT2D eigenvalue weighted by Crippen LogP contribution is -2.39. The van der Waals surface area contributed by atoms with Crippen molar-refractivity contribution in [1.82, 2.24) is 5.32 Å². The third-order valence-corrected chi connectivity index (χ3v) is 4.55. The molecule has 4 nitrogen and oxygen atoms in total. The lowest BCUT2D eigenvalue weighted by molar-refractivity contribution is -0.123. The van der Waals surface area contributed by atoms with Crippen LogP contribution in [0.4, 0.5) is 0 Å². The summed E-state index contributed by atoms with van der Waals surface area (Å²) in [5.41, 5.74) is 0. The summed E-state index contributed by atoms with van der Waals surface area (Å²) in [6.45, 7) is 2.00. The highest BCUT2D eigenvalue weighted by Gasteiger charge is 2.22. The molecule has 0 radical (unpaired) electrons. The van der Waals surface area contributed by atoms with Crippen LogP contribution >= 0.6 is 0 Å². The first-order chi connectivity index (χ1) is 10.8. The molecule has 1 aliphatic heterocycles. The van der Waals surface area contributed by atoms with Crippen LogP contribution in [0.2, 0.25) is 0 Å². The van der Waals surface area contributed by atoms with E-state index in [1.807, 2.05) is 24.3 Å². The van der Waals surface area contributed by atoms with Crippen molar-refractivity contribution >= 4 is 5.78 Å². The largest absolute Gasteiger partial charge is 0.486 e. The molecule has 1 N–H and O–H groups in total. The standard InChI is InChI=1S/C18H25NO3/c20-16(14-6-2-1-3-7-14)10-11-19-12-15-13-21-17-8-4-5-9-18(17)22-15/h4-5,8-9,14-15,19H,1-3,6-7,10-13H2. The van der Waals surface area contributed by atoms with Crippen LogP contribution in [0.5, 0.6) is 11.5 Å². The fraction of sp³-hybridized carbons (Fsp3) is 0.611. The van der Waals surface area contributed by atoms with Gasteiger partial charge in [-0.2, -0.15) is 0 Å². The number of benzene rings is 1. The van der Waals surface area contributed by atoms with E-state index in [4.69, 9.17) is 9.47 Å². The summed E-state index contributed by atoms with van der Waals surface area (Å²) in [4.78, 5) is 12.1. The number of rotatable bonds is 6. The highest BCUT2D eigenvalue weighted by molar-refractivity contribution is 5.81. The molecule has 1 fully saturated rings. The summed E-state index contributed by atoms with van der Waals surface area (Å²) >= 11 is 0. The number of carbonyl (C=O) groups excluding carboxylic acids is 1. The maximum absolute atomic E-state index is 12.1. The van der Waals surface area contributed by atoms with E-state index in [9.17, 15) is 4.79 Å². The van der Waals surface area contributed by atoms with Gasteiger partial charge in [0.25, 0.3) is 0 Å². The van der Waals surface area contributed by atoms with Crippen LogP contribution < -0.4 is 14.8 Å². The van der Waals surface area contributed by atoms with E-state index in [-0.39, 0.29) is 6.10 Å². The van der Waals surface area contributed by atoms with Crippen LogP contribution in [0.1, 0.15) is 38.5 Å². The van der Waals surface area contributed by atoms with Crippen LogP contribution in [-0.4, -0.2) is 31.6 Å². The van der Waals surface area contributed by atoms with Gasteiger partial charge >= 0.3 is 0 Å². The fourth-order valence-corrected chi connectivity index (χ4v) is 3.27. The number of para-hydroxylation sites is 2. The topological polar surface area (TPSA) is 47.6 Å². The third kappa shape index (κ3) is 4.01. The van der Waals surface area contributed by atoms with Gasteiger partial charge in [-0.1, -0.05) is 31.4 Å². The average molecular weight is 303 g/mol. The second-order valence-corrected chi connectivity index (χ2v) is 6.25. The molecule has 0 spiro atoms. The van der Waals surface area contributed by atoms with E-state index in [0.717, 1.165) is 30.9 Å². The number of hydrogen-bond donors (Lipinski definition) is 1. The average Bonchev–Trinajstić information content (AvgIpc) is 2.59. The number of ketones is 1. The predicted octanol–water partition coefficient (Wildman–Crippen LogP) is 2.96. The summed E-state index contributed by atoms with van der Waals surface area (Å²) in [6, 6.07) is 7.73. The van der Waals surface area contributed by atoms with Crippen LogP contribution in [0.25, 0.3) is 0 Å². The molecule has 0 amide bonds. The highest BCUT2D eigenvalue weighted by Crippen LogP contribution is 2.30. The maximum atomic E-state index is 12.1. The summed E-state index contributed by atoms with van der Waals surface area (Å²) in [7, 11) is 0. The number of nitrogens with one attached hydrogen (secondary N) is 1. The van der Waals surface area contributed by atoms with Crippen molar-refractivity contribution in [1.29, 1.82) is 0 Å². The van der Waals surface area contributed by atoms with Gasteiger partial charge in [0, 0.05) is 25.4 Å². The highest BCUT2D eigenvalue weighted by atomic mass is 16.6. The molecule has 1 unspecified atom stereocenters. The van der Waals surface area contributed by atoms with E-state index < -0.39 is 0 Å². The summed E-state index contributed by atoms with van der Waals surface area (Å²) in [6.07, 6.45) is 6.56. The van der Waals surface area contributed by atoms with Crippen LogP contribution in [0, 0.1) is 5.92 Å². The predicted molar refractivity (Wildman–Crippen MR) is 85.4 cm³/mol. The Morgan fingerprint density at radius 3 is 2.73 bits per heavy atom. The molecule has 4 heteroatoms. The Kier molecular flexibility index (Phi) is 5.33. The Morgan fingerprint density at radius 1 is 1.14 bits per heavy atom. The molecule has 1 aromatic rings. The monoisotopic (exact) mass is 303 g/mol. The molecule has 1 aliphatic carbocycles. The molecule has 0 bridgehead atoms. The van der Waals surface area contributed by atoms with Crippen molar-refractivity contribution < 1.29 is 14.3 Å². The Morgan fingerprint density at radius 2 is 1.91 bits per heavy atom. The fourth-order valence-electron chi connectivity index (χ4n) is 3.27. The zero-order valence-corrected chi connectivity index (χ0v) is 13.1. The lowest BCUT2D eigenvalue weighted by atomic mass is 9.85. The van der Waals surface area contributed by atoms with Gasteiger partial charge in [-0.3, -0.25) is 4.79 Å². The first-order valence-electron chi connectivity index (χ1n) is 8.45. The van der Waals surface area contributed by atoms with Gasteiger partial charge in [0.1, 0.15) is 18.5 Å². The molecular formula is C18H25NO3. The number of fused-ring (bicyclic) bond motifs is 1. The van der Waals surface area contributed by atoms with Crippen LogP contribution in [0.15, 0.2) is 24.3 Å². The normalized spacial score (nSPS) is 21.5. The van der Waals surface area contributed by atoms with Crippen molar-refractivity contribution in [3.63, 3.8) is 0 Å².